The molecule has 1 amide bonds. The number of rotatable bonds is 9. The molecule has 14 heteroatoms. The number of anilines is 2. The molecule has 6 rings (SSSR count). The van der Waals surface area contributed by atoms with Gasteiger partial charge in [0.1, 0.15) is 17.2 Å². The van der Waals surface area contributed by atoms with Crippen molar-refractivity contribution in [1.29, 1.82) is 0 Å². The molecule has 13 nitrogen and oxygen atoms in total. The fourth-order valence-electron chi connectivity index (χ4n) is 5.29. The highest BCUT2D eigenvalue weighted by atomic mass is 32.1. The summed E-state index contributed by atoms with van der Waals surface area (Å²) in [6.07, 6.45) is 5.92. The topological polar surface area (TPSA) is 153 Å². The van der Waals surface area contributed by atoms with Crippen LogP contribution in [-0.4, -0.2) is 71.9 Å². The first kappa shape index (κ1) is 32.0. The highest BCUT2D eigenvalue weighted by molar-refractivity contribution is 7.13. The molecule has 1 atom stereocenters. The maximum absolute atomic E-state index is 13.9. The van der Waals surface area contributed by atoms with Gasteiger partial charge in [0.15, 0.2) is 11.0 Å². The van der Waals surface area contributed by atoms with Gasteiger partial charge in [-0.05, 0) is 65.6 Å². The lowest BCUT2D eigenvalue weighted by atomic mass is 9.93. The third-order valence-electron chi connectivity index (χ3n) is 7.84. The number of fused-ring (bicyclic) bond motifs is 1. The van der Waals surface area contributed by atoms with Crippen LogP contribution in [0.25, 0.3) is 17.8 Å². The number of tetrazole rings is 1. The summed E-state index contributed by atoms with van der Waals surface area (Å²) in [5.74, 6) is 1.34. The van der Waals surface area contributed by atoms with Crippen molar-refractivity contribution in [2.75, 3.05) is 30.4 Å². The number of benzene rings is 1. The van der Waals surface area contributed by atoms with Crippen LogP contribution >= 0.6 is 11.3 Å². The van der Waals surface area contributed by atoms with Crippen molar-refractivity contribution in [1.82, 2.24) is 34.6 Å². The van der Waals surface area contributed by atoms with E-state index >= 15 is 0 Å². The Morgan fingerprint density at radius 2 is 1.96 bits per heavy atom. The molecule has 5 heterocycles. The third-order valence-corrected chi connectivity index (χ3v) is 8.60. The number of ether oxygens (including phenoxy) is 1. The van der Waals surface area contributed by atoms with E-state index < -0.39 is 6.10 Å². The van der Waals surface area contributed by atoms with Gasteiger partial charge in [-0.2, -0.15) is 4.80 Å². The van der Waals surface area contributed by atoms with Crippen LogP contribution in [-0.2, 0) is 23.2 Å². The molecule has 0 spiro atoms. The smallest absolute Gasteiger partial charge is 0.267 e. The van der Waals surface area contributed by atoms with Crippen LogP contribution < -0.4 is 20.5 Å². The predicted octanol–water partition coefficient (Wildman–Crippen LogP) is 3.80. The number of aromatic nitrogens is 7. The van der Waals surface area contributed by atoms with Crippen molar-refractivity contribution in [3.05, 3.63) is 86.5 Å². The lowest BCUT2D eigenvalue weighted by molar-refractivity contribution is -0.115. The Balaban J connectivity index is 1.25. The van der Waals surface area contributed by atoms with Gasteiger partial charge in [-0.25, -0.2) is 9.97 Å². The zero-order valence-electron chi connectivity index (χ0n) is 26.8. The zero-order chi connectivity index (χ0) is 33.1. The second-order valence-corrected chi connectivity index (χ2v) is 13.4. The molecule has 1 saturated heterocycles. The van der Waals surface area contributed by atoms with Crippen LogP contribution in [0.5, 0.6) is 5.75 Å². The van der Waals surface area contributed by atoms with E-state index in [4.69, 9.17) is 9.72 Å². The highest BCUT2D eigenvalue weighted by Gasteiger charge is 2.24. The van der Waals surface area contributed by atoms with Crippen LogP contribution in [0.2, 0.25) is 0 Å². The number of hydrogen-bond donors (Lipinski definition) is 2. The van der Waals surface area contributed by atoms with E-state index in [1.807, 2.05) is 34.5 Å². The number of thiazole rings is 1. The number of amides is 1. The van der Waals surface area contributed by atoms with E-state index in [1.54, 1.807) is 37.6 Å². The Labute approximate surface area is 275 Å². The van der Waals surface area contributed by atoms with Gasteiger partial charge in [0.2, 0.25) is 5.91 Å². The molecule has 4 aromatic heterocycles. The third kappa shape index (κ3) is 7.55. The Morgan fingerprint density at radius 1 is 1.15 bits per heavy atom. The van der Waals surface area contributed by atoms with Crippen molar-refractivity contribution in [2.24, 2.45) is 0 Å². The molecule has 1 aromatic carbocycles. The Kier molecular flexibility index (Phi) is 9.14. The SMILES string of the molecule is COc1ccc(Cn2nnc(/C=C/c3c(N4CCC[C@H](O)C4)nc4cc(CC(=O)Nc5nc(C(C)(C)C)cs5)ccn4c3=O)n2)cc1. The number of aliphatic hydroxyl groups is 1. The van der Waals surface area contributed by atoms with Crippen LogP contribution in [0.15, 0.2) is 52.8 Å². The van der Waals surface area contributed by atoms with Gasteiger partial charge >= 0.3 is 0 Å². The first-order valence-electron chi connectivity index (χ1n) is 15.4. The summed E-state index contributed by atoms with van der Waals surface area (Å²) in [6.45, 7) is 7.64. The molecule has 0 saturated carbocycles. The van der Waals surface area contributed by atoms with E-state index in [2.05, 4.69) is 46.5 Å². The number of piperidine rings is 1. The monoisotopic (exact) mass is 655 g/mol. The van der Waals surface area contributed by atoms with Gasteiger partial charge in [0.25, 0.3) is 5.56 Å². The number of nitrogens with one attached hydrogen (secondary N) is 1. The second kappa shape index (κ2) is 13.4. The first-order chi connectivity index (χ1) is 22.6. The molecule has 5 aromatic rings. The minimum absolute atomic E-state index is 0.0913. The molecule has 1 fully saturated rings. The lowest BCUT2D eigenvalue weighted by Gasteiger charge is -2.32. The fraction of sp³-hybridized carbons (Fsp3) is 0.364. The molecular weight excluding hydrogens is 618 g/mol. The number of pyridine rings is 1. The second-order valence-electron chi connectivity index (χ2n) is 12.5. The molecule has 0 aliphatic carbocycles. The number of carbonyl (C=O) groups is 1. The normalized spacial score (nSPS) is 15.4. The van der Waals surface area contributed by atoms with E-state index in [0.29, 0.717) is 59.6 Å². The van der Waals surface area contributed by atoms with Gasteiger partial charge < -0.3 is 20.1 Å². The van der Waals surface area contributed by atoms with Gasteiger partial charge in [-0.15, -0.1) is 21.5 Å². The number of nitrogens with zero attached hydrogens (tertiary/aromatic N) is 8. The van der Waals surface area contributed by atoms with Crippen molar-refractivity contribution in [3.8, 4) is 5.75 Å². The molecular formula is C33H37N9O4S. The summed E-state index contributed by atoms with van der Waals surface area (Å²) in [4.78, 5) is 39.6. The summed E-state index contributed by atoms with van der Waals surface area (Å²) in [7, 11) is 1.62. The molecule has 47 heavy (non-hydrogen) atoms. The molecule has 1 aliphatic heterocycles. The minimum Gasteiger partial charge on any atom is -0.497 e. The van der Waals surface area contributed by atoms with E-state index in [9.17, 15) is 14.7 Å². The Bertz CT molecular complexity index is 1970. The van der Waals surface area contributed by atoms with Gasteiger partial charge in [0.05, 0.1) is 37.4 Å². The average molecular weight is 656 g/mol. The maximum Gasteiger partial charge on any atom is 0.267 e. The van der Waals surface area contributed by atoms with E-state index in [1.165, 1.54) is 20.5 Å². The van der Waals surface area contributed by atoms with Gasteiger partial charge in [0, 0.05) is 30.1 Å². The molecule has 0 bridgehead atoms. The molecule has 2 N–H and O–H groups in total. The summed E-state index contributed by atoms with van der Waals surface area (Å²) >= 11 is 1.39. The summed E-state index contributed by atoms with van der Waals surface area (Å²) < 4.78 is 6.67. The summed E-state index contributed by atoms with van der Waals surface area (Å²) in [5.41, 5.74) is 2.94. The first-order valence-corrected chi connectivity index (χ1v) is 16.3. The minimum atomic E-state index is -0.528. The number of methoxy groups -OCH3 is 1. The quantitative estimate of drug-likeness (QED) is 0.240. The largest absolute Gasteiger partial charge is 0.497 e. The predicted molar refractivity (Wildman–Crippen MR) is 181 cm³/mol. The molecule has 1 aliphatic rings. The number of aliphatic hydroxyl groups excluding tert-OH is 1. The van der Waals surface area contributed by atoms with Crippen molar-refractivity contribution in [2.45, 2.75) is 58.1 Å². The standard InChI is InChI=1S/C33H37N9O4S/c1-33(2,3)26-20-47-32(34-26)36-29(44)17-22-13-15-41-28(16-22)35-30(40-14-5-6-23(43)19-40)25(31(41)45)11-12-27-37-39-42(38-27)18-21-7-9-24(46-4)10-8-21/h7-13,15-16,20,23,43H,5-6,14,17-19H2,1-4H3,(H,34,36,44)/b12-11+/t23-/m0/s1. The highest BCUT2D eigenvalue weighted by Crippen LogP contribution is 2.27. The molecule has 0 radical (unpaired) electrons. The fourth-order valence-corrected chi connectivity index (χ4v) is 6.25. The van der Waals surface area contributed by atoms with Gasteiger partial charge in [-0.1, -0.05) is 32.9 Å². The van der Waals surface area contributed by atoms with Crippen LogP contribution in [0.1, 0.15) is 61.8 Å². The Hall–Kier alpha value is -4.95. The lowest BCUT2D eigenvalue weighted by Crippen LogP contribution is -2.40. The van der Waals surface area contributed by atoms with Crippen molar-refractivity contribution in [3.63, 3.8) is 0 Å². The summed E-state index contributed by atoms with van der Waals surface area (Å²) in [6, 6.07) is 11.1. The number of carbonyl (C=O) groups excluding carboxylic acids is 1. The van der Waals surface area contributed by atoms with Crippen molar-refractivity contribution >= 4 is 46.0 Å². The molecule has 244 valence electrons. The molecule has 0 unspecified atom stereocenters. The number of β-amino-alcohol motifs (C(OH)–C–C–N with tert-alkyl or cyclic N) is 1. The summed E-state index contributed by atoms with van der Waals surface area (Å²) in [5, 5.41) is 28.5. The zero-order valence-corrected chi connectivity index (χ0v) is 27.6. The van der Waals surface area contributed by atoms with E-state index in [-0.39, 0.29) is 23.3 Å². The Morgan fingerprint density at radius 3 is 2.68 bits per heavy atom. The van der Waals surface area contributed by atoms with Crippen LogP contribution in [0.4, 0.5) is 10.9 Å². The average Bonchev–Trinajstić information content (AvgIpc) is 3.70. The van der Waals surface area contributed by atoms with Crippen LogP contribution in [0.3, 0.4) is 0 Å². The van der Waals surface area contributed by atoms with Gasteiger partial charge in [-0.3, -0.25) is 14.0 Å². The van der Waals surface area contributed by atoms with Crippen LogP contribution in [0, 0.1) is 0 Å². The number of hydrogen-bond acceptors (Lipinski definition) is 11. The maximum atomic E-state index is 13.9. The van der Waals surface area contributed by atoms with E-state index in [0.717, 1.165) is 23.4 Å². The van der Waals surface area contributed by atoms with Crippen molar-refractivity contribution < 1.29 is 14.6 Å².